The van der Waals surface area contributed by atoms with Crippen molar-refractivity contribution in [3.05, 3.63) is 34.8 Å². The number of rotatable bonds is 7. The third-order valence-corrected chi connectivity index (χ3v) is 6.95. The highest BCUT2D eigenvalue weighted by Gasteiger charge is 2.28. The number of aromatic nitrogens is 2. The number of nitrogens with zero attached hydrogens (tertiary/aromatic N) is 3. The van der Waals surface area contributed by atoms with Gasteiger partial charge < -0.3 is 0 Å². The second kappa shape index (κ2) is 8.13. The Hall–Kier alpha value is -2.00. The monoisotopic (exact) mass is 394 g/mol. The molecular weight excluding hydrogens is 372 g/mol. The molecule has 7 nitrogen and oxygen atoms in total. The minimum Gasteiger partial charge on any atom is -0.296 e. The van der Waals surface area contributed by atoms with Crippen molar-refractivity contribution in [1.29, 1.82) is 0 Å². The summed E-state index contributed by atoms with van der Waals surface area (Å²) in [5.74, 6) is -0.172. The maximum absolute atomic E-state index is 12.5. The number of nitrogens with one attached hydrogen (secondary N) is 1. The lowest BCUT2D eigenvalue weighted by Crippen LogP contribution is -2.25. The van der Waals surface area contributed by atoms with Gasteiger partial charge in [-0.1, -0.05) is 37.2 Å². The molecule has 0 atom stereocenters. The Morgan fingerprint density at radius 2 is 2.15 bits per heavy atom. The topological polar surface area (TPSA) is 92.3 Å². The fourth-order valence-electron chi connectivity index (χ4n) is 2.83. The molecule has 1 fully saturated rings. The van der Waals surface area contributed by atoms with E-state index in [-0.39, 0.29) is 11.7 Å². The fraction of sp³-hybridized carbons (Fsp3) is 0.471. The number of carbonyl (C=O) groups is 1. The number of benzene rings is 1. The Bertz CT molecular complexity index is 880. The van der Waals surface area contributed by atoms with Gasteiger partial charge in [0.1, 0.15) is 5.01 Å². The van der Waals surface area contributed by atoms with Crippen LogP contribution in [0.4, 0.5) is 10.8 Å². The molecule has 0 saturated carbocycles. The molecule has 1 saturated heterocycles. The van der Waals surface area contributed by atoms with Gasteiger partial charge in [-0.2, -0.15) is 0 Å². The molecule has 0 aliphatic carbocycles. The first-order valence-corrected chi connectivity index (χ1v) is 11.2. The number of anilines is 2. The standard InChI is InChI=1S/C17H22N4O3S2/c1-2-3-4-9-15-19-20-17(25-15)18-16(22)13-7-5-8-14(12-13)21-10-6-11-26(21,23)24/h5,7-8,12H,2-4,6,9-11H2,1H3,(H,18,20,22). The molecule has 1 aliphatic heterocycles. The molecule has 1 aromatic heterocycles. The average Bonchev–Trinajstić information content (AvgIpc) is 3.21. The summed E-state index contributed by atoms with van der Waals surface area (Å²) in [4.78, 5) is 12.5. The molecule has 0 bridgehead atoms. The van der Waals surface area contributed by atoms with Crippen LogP contribution >= 0.6 is 11.3 Å². The molecule has 1 aromatic carbocycles. The van der Waals surface area contributed by atoms with Crippen molar-refractivity contribution in [2.24, 2.45) is 0 Å². The minimum atomic E-state index is -3.27. The quantitative estimate of drug-likeness (QED) is 0.729. The Kier molecular flexibility index (Phi) is 5.87. The first kappa shape index (κ1) is 18.8. The van der Waals surface area contributed by atoms with Crippen LogP contribution in [0.2, 0.25) is 0 Å². The van der Waals surface area contributed by atoms with E-state index in [2.05, 4.69) is 22.4 Å². The van der Waals surface area contributed by atoms with Crippen molar-refractivity contribution >= 4 is 38.1 Å². The summed E-state index contributed by atoms with van der Waals surface area (Å²) in [7, 11) is -3.27. The molecule has 0 unspecified atom stereocenters. The largest absolute Gasteiger partial charge is 0.296 e. The number of sulfonamides is 1. The normalized spacial score (nSPS) is 16.0. The van der Waals surface area contributed by atoms with Crippen LogP contribution in [-0.4, -0.2) is 36.8 Å². The van der Waals surface area contributed by atoms with E-state index in [9.17, 15) is 13.2 Å². The number of carbonyl (C=O) groups excluding carboxylic acids is 1. The second-order valence-electron chi connectivity index (χ2n) is 6.20. The van der Waals surface area contributed by atoms with Crippen molar-refractivity contribution in [2.75, 3.05) is 21.9 Å². The highest BCUT2D eigenvalue weighted by Crippen LogP contribution is 2.25. The second-order valence-corrected chi connectivity index (χ2v) is 9.28. The fourth-order valence-corrected chi connectivity index (χ4v) is 5.17. The van der Waals surface area contributed by atoms with Crippen LogP contribution in [0, 0.1) is 0 Å². The molecular formula is C17H22N4O3S2. The van der Waals surface area contributed by atoms with Crippen molar-refractivity contribution < 1.29 is 13.2 Å². The van der Waals surface area contributed by atoms with Crippen LogP contribution in [0.1, 0.15) is 48.0 Å². The molecule has 26 heavy (non-hydrogen) atoms. The maximum atomic E-state index is 12.5. The third kappa shape index (κ3) is 4.39. The van der Waals surface area contributed by atoms with Crippen molar-refractivity contribution in [3.63, 3.8) is 0 Å². The number of hydrogen-bond acceptors (Lipinski definition) is 6. The van der Waals surface area contributed by atoms with Crippen molar-refractivity contribution in [2.45, 2.75) is 39.0 Å². The Labute approximate surface area is 157 Å². The smallest absolute Gasteiger partial charge is 0.257 e. The minimum absolute atomic E-state index is 0.148. The number of hydrogen-bond donors (Lipinski definition) is 1. The van der Waals surface area contributed by atoms with E-state index in [0.29, 0.717) is 29.3 Å². The lowest BCUT2D eigenvalue weighted by molar-refractivity contribution is 0.102. The van der Waals surface area contributed by atoms with Gasteiger partial charge >= 0.3 is 0 Å². The van der Waals surface area contributed by atoms with Gasteiger partial charge in [0, 0.05) is 18.5 Å². The van der Waals surface area contributed by atoms with Crippen LogP contribution in [-0.2, 0) is 16.4 Å². The maximum Gasteiger partial charge on any atom is 0.257 e. The highest BCUT2D eigenvalue weighted by molar-refractivity contribution is 7.93. The van der Waals surface area contributed by atoms with Gasteiger partial charge in [-0.25, -0.2) is 8.42 Å². The van der Waals surface area contributed by atoms with E-state index in [0.717, 1.165) is 30.7 Å². The summed E-state index contributed by atoms with van der Waals surface area (Å²) >= 11 is 1.38. The summed E-state index contributed by atoms with van der Waals surface area (Å²) in [5.41, 5.74) is 0.917. The average molecular weight is 395 g/mol. The van der Waals surface area contributed by atoms with E-state index in [1.807, 2.05) is 0 Å². The molecule has 0 spiro atoms. The molecule has 3 rings (SSSR count). The van der Waals surface area contributed by atoms with Gasteiger partial charge in [0.2, 0.25) is 15.2 Å². The summed E-state index contributed by atoms with van der Waals surface area (Å²) in [6, 6.07) is 6.65. The van der Waals surface area contributed by atoms with Crippen LogP contribution in [0.25, 0.3) is 0 Å². The lowest BCUT2D eigenvalue weighted by Gasteiger charge is -2.17. The SMILES string of the molecule is CCCCCc1nnc(NC(=O)c2cccc(N3CCCS3(=O)=O)c2)s1. The third-order valence-electron chi connectivity index (χ3n) is 4.18. The molecule has 2 heterocycles. The Balaban J connectivity index is 1.68. The summed E-state index contributed by atoms with van der Waals surface area (Å²) in [6.45, 7) is 2.60. The molecule has 1 aliphatic rings. The lowest BCUT2D eigenvalue weighted by atomic mass is 10.2. The predicted molar refractivity (Wildman–Crippen MR) is 103 cm³/mol. The first-order chi connectivity index (χ1) is 12.5. The first-order valence-electron chi connectivity index (χ1n) is 8.74. The van der Waals surface area contributed by atoms with E-state index in [1.54, 1.807) is 24.3 Å². The highest BCUT2D eigenvalue weighted by atomic mass is 32.2. The van der Waals surface area contributed by atoms with Crippen molar-refractivity contribution in [1.82, 2.24) is 10.2 Å². The van der Waals surface area contributed by atoms with E-state index < -0.39 is 10.0 Å². The summed E-state index contributed by atoms with van der Waals surface area (Å²) < 4.78 is 25.5. The summed E-state index contributed by atoms with van der Waals surface area (Å²) in [6.07, 6.45) is 4.82. The van der Waals surface area contributed by atoms with Gasteiger partial charge in [-0.05, 0) is 31.0 Å². The molecule has 9 heteroatoms. The molecule has 140 valence electrons. The molecule has 1 N–H and O–H groups in total. The number of aryl methyl sites for hydroxylation is 1. The van der Waals surface area contributed by atoms with Gasteiger partial charge in [0.25, 0.3) is 5.91 Å². The molecule has 1 amide bonds. The van der Waals surface area contributed by atoms with Gasteiger partial charge in [0.05, 0.1) is 11.4 Å². The molecule has 0 radical (unpaired) electrons. The van der Waals surface area contributed by atoms with Crippen LogP contribution in [0.15, 0.2) is 24.3 Å². The van der Waals surface area contributed by atoms with Gasteiger partial charge in [0.15, 0.2) is 0 Å². The summed E-state index contributed by atoms with van der Waals surface area (Å²) in [5, 5.41) is 12.2. The zero-order valence-electron chi connectivity index (χ0n) is 14.6. The zero-order chi connectivity index (χ0) is 18.6. The van der Waals surface area contributed by atoms with Gasteiger partial charge in [-0.15, -0.1) is 10.2 Å². The number of unbranched alkanes of at least 4 members (excludes halogenated alkanes) is 2. The molecule has 2 aromatic rings. The van der Waals surface area contributed by atoms with E-state index in [1.165, 1.54) is 15.6 Å². The van der Waals surface area contributed by atoms with E-state index >= 15 is 0 Å². The zero-order valence-corrected chi connectivity index (χ0v) is 16.3. The van der Waals surface area contributed by atoms with Crippen LogP contribution in [0.5, 0.6) is 0 Å². The van der Waals surface area contributed by atoms with Gasteiger partial charge in [-0.3, -0.25) is 14.4 Å². The van der Waals surface area contributed by atoms with Crippen LogP contribution < -0.4 is 9.62 Å². The van der Waals surface area contributed by atoms with E-state index in [4.69, 9.17) is 0 Å². The van der Waals surface area contributed by atoms with Crippen LogP contribution in [0.3, 0.4) is 0 Å². The number of amides is 1. The van der Waals surface area contributed by atoms with Crippen molar-refractivity contribution in [3.8, 4) is 0 Å². The predicted octanol–water partition coefficient (Wildman–Crippen LogP) is 3.06. The Morgan fingerprint density at radius 3 is 2.88 bits per heavy atom. The Morgan fingerprint density at radius 1 is 1.31 bits per heavy atom.